The number of nitrogens with zero attached hydrogens (tertiary/aromatic N) is 1. The van der Waals surface area contributed by atoms with Crippen LogP contribution < -0.4 is 5.32 Å². The molecule has 2 unspecified atom stereocenters. The van der Waals surface area contributed by atoms with Gasteiger partial charge in [-0.15, -0.1) is 0 Å². The van der Waals surface area contributed by atoms with Crippen LogP contribution in [0.2, 0.25) is 0 Å². The number of hydrogen-bond donors (Lipinski definition) is 1. The third kappa shape index (κ3) is 2.21. The topological polar surface area (TPSA) is 24.4 Å². The van der Waals surface area contributed by atoms with Gasteiger partial charge >= 0.3 is 0 Å². The molecule has 0 radical (unpaired) electrons. The molecule has 1 N–H and O–H groups in total. The van der Waals surface area contributed by atoms with E-state index in [1.165, 1.54) is 11.3 Å². The standard InChI is InChI=1S/C15H22N2/c1-5-13-14-10-12(11(2)3)6-8-16-9-7-15(13,4)17-14/h6-11,13,17H,5H2,1-4H3/b9-7-,12-6+,14-10+,16-8+. The van der Waals surface area contributed by atoms with Gasteiger partial charge < -0.3 is 5.32 Å². The molecule has 2 nitrogen and oxygen atoms in total. The van der Waals surface area contributed by atoms with Gasteiger partial charge in [0, 0.05) is 24.0 Å². The first kappa shape index (κ1) is 12.2. The maximum atomic E-state index is 4.30. The maximum absolute atomic E-state index is 4.30. The Morgan fingerprint density at radius 3 is 2.88 bits per heavy atom. The molecule has 1 saturated heterocycles. The molecule has 0 aromatic rings. The maximum Gasteiger partial charge on any atom is 0.0625 e. The summed E-state index contributed by atoms with van der Waals surface area (Å²) in [5.74, 6) is 1.12. The van der Waals surface area contributed by atoms with Crippen molar-refractivity contribution in [3.63, 3.8) is 0 Å². The van der Waals surface area contributed by atoms with Crippen molar-refractivity contribution in [2.24, 2.45) is 16.8 Å². The first-order valence-electron chi connectivity index (χ1n) is 6.47. The van der Waals surface area contributed by atoms with Gasteiger partial charge in [0.2, 0.25) is 0 Å². The average molecular weight is 230 g/mol. The Kier molecular flexibility index (Phi) is 3.23. The summed E-state index contributed by atoms with van der Waals surface area (Å²) < 4.78 is 0. The molecule has 3 rings (SSSR count). The van der Waals surface area contributed by atoms with Crippen LogP contribution in [0.1, 0.15) is 34.1 Å². The molecule has 0 aromatic carbocycles. The van der Waals surface area contributed by atoms with E-state index < -0.39 is 0 Å². The lowest BCUT2D eigenvalue weighted by molar-refractivity contribution is 0.229. The Morgan fingerprint density at radius 1 is 1.47 bits per heavy atom. The lowest BCUT2D eigenvalue weighted by Crippen LogP contribution is -2.59. The van der Waals surface area contributed by atoms with Crippen LogP contribution in [-0.4, -0.2) is 11.8 Å². The molecule has 2 bridgehead atoms. The molecule has 3 aliphatic heterocycles. The molecular formula is C15H22N2. The van der Waals surface area contributed by atoms with E-state index in [2.05, 4.69) is 56.2 Å². The second-order valence-electron chi connectivity index (χ2n) is 5.40. The van der Waals surface area contributed by atoms with Crippen LogP contribution in [0.4, 0.5) is 0 Å². The Morgan fingerprint density at radius 2 is 2.24 bits per heavy atom. The zero-order chi connectivity index (χ0) is 12.5. The minimum absolute atomic E-state index is 0.0807. The van der Waals surface area contributed by atoms with Gasteiger partial charge in [0.1, 0.15) is 0 Å². The van der Waals surface area contributed by atoms with Crippen molar-refractivity contribution in [2.75, 3.05) is 0 Å². The van der Waals surface area contributed by atoms with Crippen molar-refractivity contribution in [3.8, 4) is 0 Å². The molecule has 2 heteroatoms. The summed E-state index contributed by atoms with van der Waals surface area (Å²) in [4.78, 5) is 4.30. The first-order valence-corrected chi connectivity index (χ1v) is 6.47. The number of hydrogen-bond acceptors (Lipinski definition) is 2. The molecule has 0 amide bonds. The molecule has 0 aliphatic carbocycles. The number of allylic oxidation sites excluding steroid dienone is 3. The van der Waals surface area contributed by atoms with E-state index in [1.54, 1.807) is 0 Å². The summed E-state index contributed by atoms with van der Waals surface area (Å²) >= 11 is 0. The third-order valence-electron chi connectivity index (χ3n) is 3.77. The van der Waals surface area contributed by atoms with Gasteiger partial charge in [0.15, 0.2) is 0 Å². The van der Waals surface area contributed by atoms with Crippen LogP contribution in [0.25, 0.3) is 0 Å². The highest BCUT2D eigenvalue weighted by Gasteiger charge is 2.43. The predicted octanol–water partition coefficient (Wildman–Crippen LogP) is 3.44. The van der Waals surface area contributed by atoms with E-state index in [-0.39, 0.29) is 5.54 Å². The van der Waals surface area contributed by atoms with Gasteiger partial charge in [-0.3, -0.25) is 4.99 Å². The van der Waals surface area contributed by atoms with Gasteiger partial charge in [-0.25, -0.2) is 0 Å². The Bertz CT molecular complexity index is 413. The predicted molar refractivity (Wildman–Crippen MR) is 74.0 cm³/mol. The van der Waals surface area contributed by atoms with Crippen molar-refractivity contribution < 1.29 is 0 Å². The van der Waals surface area contributed by atoms with E-state index in [4.69, 9.17) is 0 Å². The number of nitrogens with one attached hydrogen (secondary N) is 1. The Balaban J connectivity index is 2.38. The van der Waals surface area contributed by atoms with E-state index in [0.29, 0.717) is 11.8 Å². The van der Waals surface area contributed by atoms with Crippen LogP contribution in [0, 0.1) is 11.8 Å². The van der Waals surface area contributed by atoms with E-state index in [9.17, 15) is 0 Å². The smallest absolute Gasteiger partial charge is 0.0625 e. The average Bonchev–Trinajstić information content (AvgIpc) is 2.26. The fourth-order valence-electron chi connectivity index (χ4n) is 2.63. The largest absolute Gasteiger partial charge is 0.379 e. The monoisotopic (exact) mass is 230 g/mol. The summed E-state index contributed by atoms with van der Waals surface area (Å²) in [5.41, 5.74) is 2.79. The second kappa shape index (κ2) is 4.52. The molecule has 92 valence electrons. The summed E-state index contributed by atoms with van der Waals surface area (Å²) in [6.45, 7) is 8.93. The lowest BCUT2D eigenvalue weighted by atomic mass is 9.72. The van der Waals surface area contributed by atoms with Crippen molar-refractivity contribution >= 4 is 6.21 Å². The van der Waals surface area contributed by atoms with Gasteiger partial charge in [-0.05, 0) is 43.1 Å². The Labute approximate surface area is 104 Å². The zero-order valence-electron chi connectivity index (χ0n) is 11.2. The fourth-order valence-corrected chi connectivity index (χ4v) is 2.63. The van der Waals surface area contributed by atoms with Crippen molar-refractivity contribution in [2.45, 2.75) is 39.7 Å². The molecule has 1 fully saturated rings. The van der Waals surface area contributed by atoms with Crippen LogP contribution in [0.5, 0.6) is 0 Å². The Hall–Kier alpha value is -1.31. The minimum Gasteiger partial charge on any atom is -0.379 e. The van der Waals surface area contributed by atoms with Crippen LogP contribution >= 0.6 is 0 Å². The summed E-state index contributed by atoms with van der Waals surface area (Å²) in [6, 6.07) is 0. The minimum atomic E-state index is 0.0807. The van der Waals surface area contributed by atoms with E-state index in [0.717, 1.165) is 6.42 Å². The normalized spacial score (nSPS) is 41.4. The highest BCUT2D eigenvalue weighted by molar-refractivity contribution is 5.74. The van der Waals surface area contributed by atoms with Gasteiger partial charge in [0.25, 0.3) is 0 Å². The van der Waals surface area contributed by atoms with E-state index in [1.807, 2.05) is 12.4 Å². The molecule has 0 saturated carbocycles. The number of fused-ring (bicyclic) bond motifs is 3. The second-order valence-corrected chi connectivity index (χ2v) is 5.40. The zero-order valence-corrected chi connectivity index (χ0v) is 11.2. The van der Waals surface area contributed by atoms with Gasteiger partial charge in [-0.1, -0.05) is 20.8 Å². The molecular weight excluding hydrogens is 208 g/mol. The number of rotatable bonds is 2. The molecule has 0 spiro atoms. The molecule has 0 aromatic heterocycles. The summed E-state index contributed by atoms with van der Waals surface area (Å²) in [6.07, 6.45) is 11.5. The highest BCUT2D eigenvalue weighted by Crippen LogP contribution is 2.39. The molecule has 3 heterocycles. The van der Waals surface area contributed by atoms with Crippen LogP contribution in [0.3, 0.4) is 0 Å². The quantitative estimate of drug-likeness (QED) is 0.772. The fraction of sp³-hybridized carbons (Fsp3) is 0.533. The van der Waals surface area contributed by atoms with Crippen molar-refractivity contribution in [1.29, 1.82) is 0 Å². The highest BCUT2D eigenvalue weighted by atomic mass is 15.1. The summed E-state index contributed by atoms with van der Waals surface area (Å²) in [7, 11) is 0. The van der Waals surface area contributed by atoms with Crippen LogP contribution in [-0.2, 0) is 0 Å². The number of aliphatic imine (C=N–C) groups is 1. The van der Waals surface area contributed by atoms with Gasteiger partial charge in [0.05, 0.1) is 5.54 Å². The molecule has 17 heavy (non-hydrogen) atoms. The van der Waals surface area contributed by atoms with Crippen molar-refractivity contribution in [3.05, 3.63) is 35.7 Å². The van der Waals surface area contributed by atoms with Gasteiger partial charge in [-0.2, -0.15) is 0 Å². The molecule has 2 atom stereocenters. The van der Waals surface area contributed by atoms with Crippen LogP contribution in [0.15, 0.2) is 40.7 Å². The lowest BCUT2D eigenvalue weighted by Gasteiger charge is -2.49. The third-order valence-corrected chi connectivity index (χ3v) is 3.77. The summed E-state index contributed by atoms with van der Waals surface area (Å²) in [5, 5.41) is 3.57. The van der Waals surface area contributed by atoms with Crippen molar-refractivity contribution in [1.82, 2.24) is 5.32 Å². The SMILES string of the molecule is CCC1\C2=C/C(C(C)C)=C\C=N\C=C/C1(C)N2. The first-order chi connectivity index (χ1) is 8.07. The van der Waals surface area contributed by atoms with E-state index >= 15 is 0 Å². The molecule has 3 aliphatic rings.